The summed E-state index contributed by atoms with van der Waals surface area (Å²) in [7, 11) is 0. The first-order valence-electron chi connectivity index (χ1n) is 3.37. The van der Waals surface area contributed by atoms with Crippen LogP contribution >= 0.6 is 0 Å². The van der Waals surface area contributed by atoms with E-state index in [-0.39, 0.29) is 0 Å². The van der Waals surface area contributed by atoms with Crippen molar-refractivity contribution in [2.24, 2.45) is 10.7 Å². The zero-order chi connectivity index (χ0) is 8.53. The number of allylic oxidation sites excluding steroid dienone is 2. The normalized spacial score (nSPS) is 11.9. The number of rotatable bonds is 5. The van der Waals surface area contributed by atoms with Crippen molar-refractivity contribution in [3.63, 3.8) is 0 Å². The Morgan fingerprint density at radius 3 is 2.82 bits per heavy atom. The lowest BCUT2D eigenvalue weighted by Crippen LogP contribution is -2.03. The highest BCUT2D eigenvalue weighted by Crippen LogP contribution is 1.91. The van der Waals surface area contributed by atoms with Gasteiger partial charge in [0, 0.05) is 12.8 Å². The quantitative estimate of drug-likeness (QED) is 0.345. The van der Waals surface area contributed by atoms with E-state index in [1.54, 1.807) is 12.3 Å². The second-order valence-corrected chi connectivity index (χ2v) is 1.91. The van der Waals surface area contributed by atoms with Crippen molar-refractivity contribution in [2.75, 3.05) is 6.54 Å². The van der Waals surface area contributed by atoms with Crippen LogP contribution in [0.15, 0.2) is 29.3 Å². The Morgan fingerprint density at radius 1 is 1.64 bits per heavy atom. The number of hydrogen-bond acceptors (Lipinski definition) is 2. The highest BCUT2D eigenvalue weighted by molar-refractivity contribution is 5.84. The number of hydrogen-bond donors (Lipinski definition) is 2. The minimum atomic E-state index is 0.450. The molecule has 0 aromatic heterocycles. The Labute approximate surface area is 66.8 Å². The molecule has 60 valence electrons. The van der Waals surface area contributed by atoms with Gasteiger partial charge in [-0.25, -0.2) is 4.99 Å². The molecule has 0 aliphatic heterocycles. The first-order chi connectivity index (χ1) is 5.35. The average Bonchev–Trinajstić information content (AvgIpc) is 2.05. The second-order valence-electron chi connectivity index (χ2n) is 1.91. The van der Waals surface area contributed by atoms with Crippen LogP contribution in [0.4, 0.5) is 0 Å². The van der Waals surface area contributed by atoms with E-state index in [1.807, 2.05) is 6.08 Å². The molecule has 0 fully saturated rings. The molecule has 3 N–H and O–H groups in total. The molecular weight excluding hydrogens is 138 g/mol. The van der Waals surface area contributed by atoms with Crippen LogP contribution in [0.3, 0.4) is 0 Å². The minimum absolute atomic E-state index is 0.450. The molecule has 0 rings (SSSR count). The van der Waals surface area contributed by atoms with E-state index in [0.29, 0.717) is 6.54 Å². The molecule has 0 radical (unpaired) electrons. The van der Waals surface area contributed by atoms with Crippen LogP contribution in [-0.2, 0) is 0 Å². The molecule has 3 heteroatoms. The number of nitrogens with zero attached hydrogens (tertiary/aromatic N) is 1. The Kier molecular flexibility index (Phi) is 6.13. The molecule has 0 unspecified atom stereocenters. The van der Waals surface area contributed by atoms with Gasteiger partial charge in [-0.2, -0.15) is 0 Å². The van der Waals surface area contributed by atoms with Gasteiger partial charge in [-0.3, -0.25) is 5.41 Å². The highest BCUT2D eigenvalue weighted by Gasteiger charge is 1.85. The van der Waals surface area contributed by atoms with Gasteiger partial charge in [0.25, 0.3) is 0 Å². The molecule has 0 aliphatic rings. The molecule has 0 saturated heterocycles. The second kappa shape index (κ2) is 6.89. The van der Waals surface area contributed by atoms with Gasteiger partial charge in [0.1, 0.15) is 6.34 Å². The molecule has 0 atom stereocenters. The summed E-state index contributed by atoms with van der Waals surface area (Å²) < 4.78 is 0. The van der Waals surface area contributed by atoms with E-state index < -0.39 is 0 Å². The third-order valence-electron chi connectivity index (χ3n) is 1.10. The van der Waals surface area contributed by atoms with Crippen molar-refractivity contribution in [3.05, 3.63) is 24.3 Å². The van der Waals surface area contributed by atoms with Crippen molar-refractivity contribution in [3.8, 4) is 0 Å². The Balaban J connectivity index is 4.02. The van der Waals surface area contributed by atoms with Gasteiger partial charge in [0.2, 0.25) is 0 Å². The van der Waals surface area contributed by atoms with E-state index in [9.17, 15) is 0 Å². The minimum Gasteiger partial charge on any atom is -0.326 e. The van der Waals surface area contributed by atoms with E-state index in [1.165, 1.54) is 0 Å². The molecule has 0 bridgehead atoms. The number of nitrogens with two attached hydrogens (primary N) is 1. The van der Waals surface area contributed by atoms with Gasteiger partial charge in [0.15, 0.2) is 0 Å². The first-order valence-corrected chi connectivity index (χ1v) is 3.37. The summed E-state index contributed by atoms with van der Waals surface area (Å²) >= 11 is 0. The Morgan fingerprint density at radius 2 is 2.36 bits per heavy atom. The third kappa shape index (κ3) is 5.24. The fraction of sp³-hybridized carbons (Fsp3) is 0.250. The zero-order valence-electron chi connectivity index (χ0n) is 6.46. The van der Waals surface area contributed by atoms with Crippen molar-refractivity contribution < 1.29 is 0 Å². The summed E-state index contributed by atoms with van der Waals surface area (Å²) in [6.45, 7) is 4.02. The topological polar surface area (TPSA) is 62.2 Å². The molecule has 0 saturated carbocycles. The smallest absolute Gasteiger partial charge is 0.106 e. The molecule has 3 nitrogen and oxygen atoms in total. The largest absolute Gasteiger partial charge is 0.326 e. The molecule has 0 heterocycles. The molecule has 11 heavy (non-hydrogen) atoms. The predicted molar refractivity (Wildman–Crippen MR) is 49.2 cm³/mol. The molecule has 0 amide bonds. The van der Waals surface area contributed by atoms with E-state index in [4.69, 9.17) is 11.1 Å². The van der Waals surface area contributed by atoms with Crippen molar-refractivity contribution in [1.82, 2.24) is 0 Å². The van der Waals surface area contributed by atoms with Crippen LogP contribution in [0.1, 0.15) is 6.42 Å². The maximum absolute atomic E-state index is 6.64. The summed E-state index contributed by atoms with van der Waals surface area (Å²) in [5.74, 6) is 0. The molecular formula is C8H13N3. The fourth-order valence-corrected chi connectivity index (χ4v) is 0.556. The monoisotopic (exact) mass is 151 g/mol. The average molecular weight is 151 g/mol. The van der Waals surface area contributed by atoms with Crippen molar-refractivity contribution in [1.29, 1.82) is 5.41 Å². The van der Waals surface area contributed by atoms with Crippen LogP contribution in [-0.4, -0.2) is 19.1 Å². The summed E-state index contributed by atoms with van der Waals surface area (Å²) in [4.78, 5) is 3.63. The number of nitrogens with one attached hydrogen (secondary N) is 1. The maximum Gasteiger partial charge on any atom is 0.106 e. The number of aliphatic imine (C=N–C) groups is 1. The lowest BCUT2D eigenvalue weighted by molar-refractivity contribution is 1.19. The van der Waals surface area contributed by atoms with Gasteiger partial charge in [-0.15, -0.1) is 6.58 Å². The highest BCUT2D eigenvalue weighted by atomic mass is 14.7. The summed E-state index contributed by atoms with van der Waals surface area (Å²) in [6.07, 6.45) is 7.07. The van der Waals surface area contributed by atoms with Gasteiger partial charge in [-0.05, 0) is 12.0 Å². The van der Waals surface area contributed by atoms with E-state index >= 15 is 0 Å². The fourth-order valence-electron chi connectivity index (χ4n) is 0.556. The van der Waals surface area contributed by atoms with Crippen molar-refractivity contribution in [2.45, 2.75) is 6.42 Å². The summed E-state index contributed by atoms with van der Waals surface area (Å²) in [6, 6.07) is 0. The van der Waals surface area contributed by atoms with Crippen LogP contribution < -0.4 is 5.73 Å². The van der Waals surface area contributed by atoms with E-state index in [0.717, 1.165) is 18.3 Å². The molecule has 0 aromatic carbocycles. The first kappa shape index (κ1) is 9.78. The van der Waals surface area contributed by atoms with Crippen LogP contribution in [0.25, 0.3) is 0 Å². The summed E-state index contributed by atoms with van der Waals surface area (Å²) in [5.41, 5.74) is 6.31. The van der Waals surface area contributed by atoms with Gasteiger partial charge in [-0.1, -0.05) is 12.2 Å². The third-order valence-corrected chi connectivity index (χ3v) is 1.10. The zero-order valence-corrected chi connectivity index (χ0v) is 6.46. The maximum atomic E-state index is 6.64. The van der Waals surface area contributed by atoms with Gasteiger partial charge in [0.05, 0.1) is 0 Å². The van der Waals surface area contributed by atoms with Crippen LogP contribution in [0.5, 0.6) is 0 Å². The molecule has 0 spiro atoms. The van der Waals surface area contributed by atoms with Crippen LogP contribution in [0, 0.1) is 5.41 Å². The van der Waals surface area contributed by atoms with Crippen LogP contribution in [0.2, 0.25) is 0 Å². The Bertz CT molecular complexity index is 180. The predicted octanol–water partition coefficient (Wildman–Crippen LogP) is 1.13. The van der Waals surface area contributed by atoms with Crippen molar-refractivity contribution >= 4 is 12.6 Å². The lowest BCUT2D eigenvalue weighted by atomic mass is 10.2. The van der Waals surface area contributed by atoms with Gasteiger partial charge >= 0.3 is 0 Å². The molecule has 0 aromatic rings. The van der Waals surface area contributed by atoms with Gasteiger partial charge < -0.3 is 5.73 Å². The lowest BCUT2D eigenvalue weighted by Gasteiger charge is -1.92. The standard InChI is InChI=1S/C8H13N3/c1-2-3-4-8(5-9)6-11-7-10/h2,4,6-7,10H,1,3,5,9H2/b8-4-,10-7?,11-6?. The Hall–Kier alpha value is -1.22. The van der Waals surface area contributed by atoms with E-state index in [2.05, 4.69) is 11.6 Å². The SMILES string of the molecule is C=CC/C=C(\C=NC=N)CN. The molecule has 0 aliphatic carbocycles. The summed E-state index contributed by atoms with van der Waals surface area (Å²) in [5, 5.41) is 6.64.